The number of amides is 2. The molecule has 1 aromatic carbocycles. The Hall–Kier alpha value is -2.87. The summed E-state index contributed by atoms with van der Waals surface area (Å²) in [7, 11) is 1.32. The molecule has 3 rings (SSSR count). The summed E-state index contributed by atoms with van der Waals surface area (Å²) in [5, 5.41) is 7.96. The molecule has 0 unspecified atom stereocenters. The fourth-order valence-electron chi connectivity index (χ4n) is 3.57. The first kappa shape index (κ1) is 23.8. The molecule has 8 heteroatoms. The third kappa shape index (κ3) is 5.88. The Kier molecular flexibility index (Phi) is 7.23. The third-order valence-electron chi connectivity index (χ3n) is 5.24. The van der Waals surface area contributed by atoms with Crippen LogP contribution in [0.25, 0.3) is 11.1 Å². The number of methoxy groups -OCH3 is 1. The van der Waals surface area contributed by atoms with E-state index in [0.717, 1.165) is 22.4 Å². The Labute approximate surface area is 192 Å². The molecule has 2 N–H and O–H groups in total. The summed E-state index contributed by atoms with van der Waals surface area (Å²) in [5.74, 6) is -0.797. The van der Waals surface area contributed by atoms with Gasteiger partial charge in [-0.1, -0.05) is 19.4 Å². The van der Waals surface area contributed by atoms with E-state index < -0.39 is 17.7 Å². The first-order valence-corrected chi connectivity index (χ1v) is 11.6. The lowest BCUT2D eigenvalue weighted by Crippen LogP contribution is -2.34. The molecule has 0 aliphatic carbocycles. The fraction of sp³-hybridized carbons (Fsp3) is 0.458. The number of hydrogen-bond donors (Lipinski definition) is 2. The van der Waals surface area contributed by atoms with Crippen molar-refractivity contribution in [2.75, 3.05) is 12.4 Å². The van der Waals surface area contributed by atoms with Crippen LogP contribution >= 0.6 is 11.3 Å². The summed E-state index contributed by atoms with van der Waals surface area (Å²) < 4.78 is 10.3. The number of anilines is 1. The summed E-state index contributed by atoms with van der Waals surface area (Å²) in [4.78, 5) is 38.3. The molecule has 0 saturated heterocycles. The Balaban J connectivity index is 1.98. The number of esters is 1. The normalized spacial score (nSPS) is 19.0. The van der Waals surface area contributed by atoms with Crippen LogP contribution in [0.15, 0.2) is 29.6 Å². The molecule has 0 fully saturated rings. The van der Waals surface area contributed by atoms with Crippen LogP contribution in [-0.2, 0) is 14.3 Å². The standard InChI is InChI=1S/C24H30N2O5S/c1-14-7-6-8-18(26-23(29)31-24(2,3)4)20-12-16(13-32-20)17-10-9-15(22(28)30-5)11-19(17)25-21(14)27/h9-14,18H,6-8H2,1-5H3,(H,25,27)(H,26,29)/t14-,18+/m1/s1. The first-order valence-electron chi connectivity index (χ1n) is 10.7. The number of fused-ring (bicyclic) bond motifs is 4. The average Bonchev–Trinajstić information content (AvgIpc) is 3.20. The molecule has 1 aliphatic rings. The molecule has 2 bridgehead atoms. The Morgan fingerprint density at radius 2 is 1.94 bits per heavy atom. The van der Waals surface area contributed by atoms with Gasteiger partial charge in [-0.15, -0.1) is 11.3 Å². The molecule has 0 radical (unpaired) electrons. The number of thiophene rings is 1. The van der Waals surface area contributed by atoms with Gasteiger partial charge in [-0.3, -0.25) is 4.79 Å². The van der Waals surface area contributed by atoms with Crippen LogP contribution in [0.4, 0.5) is 10.5 Å². The highest BCUT2D eigenvalue weighted by Gasteiger charge is 2.24. The van der Waals surface area contributed by atoms with Crippen LogP contribution in [0.1, 0.15) is 68.2 Å². The van der Waals surface area contributed by atoms with Gasteiger partial charge < -0.3 is 20.1 Å². The van der Waals surface area contributed by atoms with Crippen molar-refractivity contribution in [1.29, 1.82) is 0 Å². The van der Waals surface area contributed by atoms with E-state index in [1.165, 1.54) is 7.11 Å². The molecule has 2 amide bonds. The van der Waals surface area contributed by atoms with Crippen LogP contribution in [0.2, 0.25) is 0 Å². The van der Waals surface area contributed by atoms with Crippen molar-refractivity contribution in [1.82, 2.24) is 5.32 Å². The van der Waals surface area contributed by atoms with E-state index in [1.807, 2.05) is 39.1 Å². The molecule has 2 heterocycles. The van der Waals surface area contributed by atoms with Crippen molar-refractivity contribution in [3.63, 3.8) is 0 Å². The lowest BCUT2D eigenvalue weighted by Gasteiger charge is -2.24. The average molecular weight is 459 g/mol. The summed E-state index contributed by atoms with van der Waals surface area (Å²) in [5.41, 5.74) is 2.05. The summed E-state index contributed by atoms with van der Waals surface area (Å²) >= 11 is 1.54. The molecule has 172 valence electrons. The van der Waals surface area contributed by atoms with Gasteiger partial charge in [0.1, 0.15) is 5.60 Å². The van der Waals surface area contributed by atoms with Gasteiger partial charge in [0, 0.05) is 22.0 Å². The van der Waals surface area contributed by atoms with Gasteiger partial charge in [-0.05, 0) is 62.8 Å². The van der Waals surface area contributed by atoms with Crippen LogP contribution in [0, 0.1) is 5.92 Å². The zero-order valence-corrected chi connectivity index (χ0v) is 19.9. The second-order valence-electron chi connectivity index (χ2n) is 9.01. The van der Waals surface area contributed by atoms with Crippen molar-refractivity contribution in [3.8, 4) is 11.1 Å². The van der Waals surface area contributed by atoms with Crippen LogP contribution in [-0.4, -0.2) is 30.7 Å². The second-order valence-corrected chi connectivity index (χ2v) is 9.95. The van der Waals surface area contributed by atoms with Gasteiger partial charge in [-0.2, -0.15) is 0 Å². The van der Waals surface area contributed by atoms with E-state index in [-0.39, 0.29) is 17.9 Å². The summed E-state index contributed by atoms with van der Waals surface area (Å²) in [6.07, 6.45) is 1.67. The number of carbonyl (C=O) groups is 3. The number of carbonyl (C=O) groups excluding carboxylic acids is 3. The first-order chi connectivity index (χ1) is 15.1. The van der Waals surface area contributed by atoms with Crippen molar-refractivity contribution < 1.29 is 23.9 Å². The van der Waals surface area contributed by atoms with Crippen molar-refractivity contribution in [2.24, 2.45) is 5.92 Å². The minimum Gasteiger partial charge on any atom is -0.465 e. The monoisotopic (exact) mass is 458 g/mol. The van der Waals surface area contributed by atoms with Gasteiger partial charge in [-0.25, -0.2) is 9.59 Å². The molecule has 32 heavy (non-hydrogen) atoms. The molecule has 7 nitrogen and oxygen atoms in total. The van der Waals surface area contributed by atoms with E-state index in [1.54, 1.807) is 29.5 Å². The maximum atomic E-state index is 12.8. The number of ether oxygens (including phenoxy) is 2. The quantitative estimate of drug-likeness (QED) is 0.578. The van der Waals surface area contributed by atoms with E-state index in [9.17, 15) is 14.4 Å². The molecular weight excluding hydrogens is 428 g/mol. The lowest BCUT2D eigenvalue weighted by atomic mass is 9.97. The molecule has 2 atom stereocenters. The van der Waals surface area contributed by atoms with Gasteiger partial charge in [0.05, 0.1) is 18.7 Å². The third-order valence-corrected chi connectivity index (χ3v) is 6.29. The number of rotatable bonds is 2. The SMILES string of the molecule is COC(=O)c1ccc2c(c1)NC(=O)[C@H](C)CCC[C@H](NC(=O)OC(C)(C)C)c1cc-2cs1. The molecule has 0 spiro atoms. The van der Waals surface area contributed by atoms with Gasteiger partial charge in [0.25, 0.3) is 0 Å². The van der Waals surface area contributed by atoms with E-state index >= 15 is 0 Å². The number of hydrogen-bond acceptors (Lipinski definition) is 6. The predicted octanol–water partition coefficient (Wildman–Crippen LogP) is 5.53. The highest BCUT2D eigenvalue weighted by atomic mass is 32.1. The Morgan fingerprint density at radius 3 is 2.62 bits per heavy atom. The highest BCUT2D eigenvalue weighted by Crippen LogP contribution is 2.37. The van der Waals surface area contributed by atoms with E-state index in [0.29, 0.717) is 24.1 Å². The van der Waals surface area contributed by atoms with Crippen LogP contribution in [0.3, 0.4) is 0 Å². The number of benzene rings is 1. The lowest BCUT2D eigenvalue weighted by molar-refractivity contribution is -0.119. The smallest absolute Gasteiger partial charge is 0.408 e. The van der Waals surface area contributed by atoms with E-state index in [4.69, 9.17) is 9.47 Å². The van der Waals surface area contributed by atoms with Gasteiger partial charge >= 0.3 is 12.1 Å². The largest absolute Gasteiger partial charge is 0.465 e. The van der Waals surface area contributed by atoms with Crippen molar-refractivity contribution in [3.05, 3.63) is 40.1 Å². The zero-order chi connectivity index (χ0) is 23.5. The zero-order valence-electron chi connectivity index (χ0n) is 19.1. The summed E-state index contributed by atoms with van der Waals surface area (Å²) in [6, 6.07) is 6.93. The molecular formula is C24H30N2O5S. The van der Waals surface area contributed by atoms with E-state index in [2.05, 4.69) is 10.6 Å². The molecule has 0 saturated carbocycles. The van der Waals surface area contributed by atoms with Gasteiger partial charge in [0.2, 0.25) is 5.91 Å². The Bertz CT molecular complexity index is 1010. The topological polar surface area (TPSA) is 93.7 Å². The van der Waals surface area contributed by atoms with Crippen LogP contribution in [0.5, 0.6) is 0 Å². The maximum absolute atomic E-state index is 12.8. The predicted molar refractivity (Wildman–Crippen MR) is 125 cm³/mol. The summed E-state index contributed by atoms with van der Waals surface area (Å²) in [6.45, 7) is 7.37. The maximum Gasteiger partial charge on any atom is 0.408 e. The van der Waals surface area contributed by atoms with Crippen molar-refractivity contribution in [2.45, 2.75) is 58.6 Å². The fourth-order valence-corrected chi connectivity index (χ4v) is 4.57. The Morgan fingerprint density at radius 1 is 1.19 bits per heavy atom. The molecule has 1 aliphatic heterocycles. The number of alkyl carbamates (subject to hydrolysis) is 1. The second kappa shape index (κ2) is 9.73. The minimum absolute atomic E-state index is 0.110. The molecule has 2 aromatic rings. The van der Waals surface area contributed by atoms with Crippen molar-refractivity contribution >= 4 is 35.0 Å². The van der Waals surface area contributed by atoms with Crippen LogP contribution < -0.4 is 10.6 Å². The van der Waals surface area contributed by atoms with Gasteiger partial charge in [0.15, 0.2) is 0 Å². The number of nitrogens with one attached hydrogen (secondary N) is 2. The molecule has 1 aromatic heterocycles. The minimum atomic E-state index is -0.584. The highest BCUT2D eigenvalue weighted by molar-refractivity contribution is 7.10.